The zero-order valence-corrected chi connectivity index (χ0v) is 14.0. The molecule has 0 amide bonds. The molecule has 25 heavy (non-hydrogen) atoms. The molecule has 0 aliphatic carbocycles. The fourth-order valence-electron chi connectivity index (χ4n) is 2.73. The minimum Gasteiger partial charge on any atom is -0.298 e. The number of nitrogens with zero attached hydrogens (tertiary/aromatic N) is 3. The number of benzene rings is 2. The zero-order valence-electron chi connectivity index (χ0n) is 13.1. The third-order valence-corrected chi connectivity index (χ3v) is 4.18. The molecule has 0 unspecified atom stereocenters. The number of aromatic nitrogens is 3. The van der Waals surface area contributed by atoms with Crippen LogP contribution in [0, 0.1) is 0 Å². The van der Waals surface area contributed by atoms with Crippen molar-refractivity contribution in [2.75, 3.05) is 0 Å². The minimum absolute atomic E-state index is 0.384. The van der Waals surface area contributed by atoms with E-state index >= 15 is 0 Å². The lowest BCUT2D eigenvalue weighted by molar-refractivity contribution is 0.112. The molecule has 120 valence electrons. The molecule has 2 aromatic carbocycles. The van der Waals surface area contributed by atoms with Crippen LogP contribution in [0.15, 0.2) is 72.0 Å². The summed E-state index contributed by atoms with van der Waals surface area (Å²) in [5, 5.41) is 1.24. The summed E-state index contributed by atoms with van der Waals surface area (Å²) in [6.45, 7) is 0. The first kappa shape index (κ1) is 15.5. The van der Waals surface area contributed by atoms with Crippen LogP contribution in [0.25, 0.3) is 33.4 Å². The van der Waals surface area contributed by atoms with Crippen molar-refractivity contribution in [3.05, 3.63) is 72.4 Å². The molecule has 5 heteroatoms. The van der Waals surface area contributed by atoms with E-state index in [4.69, 9.17) is 4.98 Å². The topological polar surface area (TPSA) is 55.7 Å². The van der Waals surface area contributed by atoms with Crippen molar-refractivity contribution in [1.82, 2.24) is 15.0 Å². The average Bonchev–Trinajstić information content (AvgIpc) is 2.67. The van der Waals surface area contributed by atoms with Gasteiger partial charge in [-0.1, -0.05) is 54.6 Å². The van der Waals surface area contributed by atoms with E-state index in [-0.39, 0.29) is 0 Å². The van der Waals surface area contributed by atoms with Crippen LogP contribution in [0.2, 0.25) is 0 Å². The fourth-order valence-corrected chi connectivity index (χ4v) is 2.88. The van der Waals surface area contributed by atoms with Crippen molar-refractivity contribution in [3.63, 3.8) is 0 Å². The van der Waals surface area contributed by atoms with Gasteiger partial charge in [-0.2, -0.15) is 0 Å². The maximum Gasteiger partial charge on any atom is 0.186 e. The first-order chi connectivity index (χ1) is 12.2. The van der Waals surface area contributed by atoms with Gasteiger partial charge in [-0.3, -0.25) is 4.79 Å². The van der Waals surface area contributed by atoms with Crippen molar-refractivity contribution in [3.8, 4) is 22.4 Å². The summed E-state index contributed by atoms with van der Waals surface area (Å²) < 4.78 is 0. The van der Waals surface area contributed by atoms with E-state index in [0.717, 1.165) is 34.1 Å². The number of carbonyl (C=O) groups is 1. The van der Waals surface area contributed by atoms with Gasteiger partial charge >= 0.3 is 0 Å². The highest BCUT2D eigenvalue weighted by atomic mass is 32.1. The van der Waals surface area contributed by atoms with Crippen molar-refractivity contribution >= 4 is 29.9 Å². The number of thiol groups is 1. The van der Waals surface area contributed by atoms with Crippen LogP contribution in [0.4, 0.5) is 0 Å². The Hall–Kier alpha value is -3.05. The Bertz CT molecular complexity index is 1060. The van der Waals surface area contributed by atoms with Gasteiger partial charge in [0.1, 0.15) is 6.29 Å². The Morgan fingerprint density at radius 3 is 2.36 bits per heavy atom. The van der Waals surface area contributed by atoms with E-state index in [1.807, 2.05) is 48.5 Å². The van der Waals surface area contributed by atoms with E-state index in [1.54, 1.807) is 18.3 Å². The molecule has 0 fully saturated rings. The number of aldehydes is 1. The Morgan fingerprint density at radius 1 is 0.880 bits per heavy atom. The molecule has 0 aliphatic rings. The highest BCUT2D eigenvalue weighted by Crippen LogP contribution is 2.33. The predicted octanol–water partition coefficient (Wildman–Crippen LogP) is 4.46. The minimum atomic E-state index is 0.384. The summed E-state index contributed by atoms with van der Waals surface area (Å²) in [5.74, 6) is 0. The lowest BCUT2D eigenvalue weighted by Gasteiger charge is -2.11. The van der Waals surface area contributed by atoms with Crippen molar-refractivity contribution in [2.45, 2.75) is 5.16 Å². The SMILES string of the molecule is O=Cc1ccc(-c2nc3nc(S)ncc3cc2-c2ccccc2)cc1. The number of hydrogen-bond acceptors (Lipinski definition) is 5. The molecule has 0 saturated heterocycles. The van der Waals surface area contributed by atoms with Crippen LogP contribution in [-0.2, 0) is 0 Å². The highest BCUT2D eigenvalue weighted by molar-refractivity contribution is 7.80. The largest absolute Gasteiger partial charge is 0.298 e. The summed E-state index contributed by atoms with van der Waals surface area (Å²) in [5.41, 5.74) is 5.00. The molecule has 0 saturated carbocycles. The summed E-state index contributed by atoms with van der Waals surface area (Å²) in [4.78, 5) is 24.1. The maximum atomic E-state index is 10.9. The molecule has 0 radical (unpaired) electrons. The number of rotatable bonds is 3. The zero-order chi connectivity index (χ0) is 17.2. The van der Waals surface area contributed by atoms with Crippen LogP contribution in [-0.4, -0.2) is 21.2 Å². The van der Waals surface area contributed by atoms with Crippen molar-refractivity contribution in [1.29, 1.82) is 0 Å². The maximum absolute atomic E-state index is 10.9. The molecule has 0 N–H and O–H groups in total. The van der Waals surface area contributed by atoms with Crippen molar-refractivity contribution < 1.29 is 4.79 Å². The molecule has 4 aromatic rings. The number of carbonyl (C=O) groups excluding carboxylic acids is 1. The summed E-state index contributed by atoms with van der Waals surface area (Å²) in [7, 11) is 0. The van der Waals surface area contributed by atoms with E-state index < -0.39 is 0 Å². The van der Waals surface area contributed by atoms with Gasteiger partial charge in [0.15, 0.2) is 10.8 Å². The molecule has 0 spiro atoms. The van der Waals surface area contributed by atoms with Gasteiger partial charge in [0.05, 0.1) is 5.69 Å². The monoisotopic (exact) mass is 343 g/mol. The quantitative estimate of drug-likeness (QED) is 0.339. The Morgan fingerprint density at radius 2 is 1.64 bits per heavy atom. The smallest absolute Gasteiger partial charge is 0.186 e. The molecule has 2 aromatic heterocycles. The molecular weight excluding hydrogens is 330 g/mol. The van der Waals surface area contributed by atoms with Gasteiger partial charge < -0.3 is 0 Å². The summed E-state index contributed by atoms with van der Waals surface area (Å²) >= 11 is 4.20. The first-order valence-corrected chi connectivity index (χ1v) is 8.17. The van der Waals surface area contributed by atoms with Gasteiger partial charge in [0, 0.05) is 28.3 Å². The highest BCUT2D eigenvalue weighted by Gasteiger charge is 2.12. The van der Waals surface area contributed by atoms with Gasteiger partial charge in [-0.05, 0) is 11.6 Å². The van der Waals surface area contributed by atoms with Crippen LogP contribution >= 0.6 is 12.6 Å². The average molecular weight is 343 g/mol. The van der Waals surface area contributed by atoms with E-state index in [9.17, 15) is 4.79 Å². The van der Waals surface area contributed by atoms with Crippen LogP contribution in [0.1, 0.15) is 10.4 Å². The van der Waals surface area contributed by atoms with Crippen LogP contribution in [0.3, 0.4) is 0 Å². The van der Waals surface area contributed by atoms with Gasteiger partial charge in [-0.15, -0.1) is 12.6 Å². The Balaban J connectivity index is 2.00. The fraction of sp³-hybridized carbons (Fsp3) is 0. The number of pyridine rings is 1. The van der Waals surface area contributed by atoms with Crippen molar-refractivity contribution in [2.24, 2.45) is 0 Å². The lowest BCUT2D eigenvalue weighted by Crippen LogP contribution is -1.95. The number of hydrogen-bond donors (Lipinski definition) is 1. The Kier molecular flexibility index (Phi) is 3.99. The second kappa shape index (κ2) is 6.45. The van der Waals surface area contributed by atoms with Crippen LogP contribution < -0.4 is 0 Å². The van der Waals surface area contributed by atoms with Gasteiger partial charge in [-0.25, -0.2) is 15.0 Å². The second-order valence-corrected chi connectivity index (χ2v) is 5.97. The van der Waals surface area contributed by atoms with Crippen LogP contribution in [0.5, 0.6) is 0 Å². The summed E-state index contributed by atoms with van der Waals surface area (Å²) in [6, 6.07) is 19.4. The standard InChI is InChI=1S/C20H13N3OS/c24-12-13-6-8-15(9-7-13)18-17(14-4-2-1-3-5-14)10-16-11-21-20(25)23-19(16)22-18/h1-12H,(H,21,22,23,25). The first-order valence-electron chi connectivity index (χ1n) is 7.72. The van der Waals surface area contributed by atoms with E-state index in [2.05, 4.69) is 22.6 Å². The van der Waals surface area contributed by atoms with E-state index in [1.165, 1.54) is 0 Å². The third-order valence-electron chi connectivity index (χ3n) is 3.96. The van der Waals surface area contributed by atoms with Gasteiger partial charge in [0.2, 0.25) is 0 Å². The lowest BCUT2D eigenvalue weighted by atomic mass is 9.98. The molecule has 2 heterocycles. The molecule has 0 bridgehead atoms. The molecule has 0 aliphatic heterocycles. The Labute approximate surface area is 150 Å². The predicted molar refractivity (Wildman–Crippen MR) is 101 cm³/mol. The van der Waals surface area contributed by atoms with Gasteiger partial charge in [0.25, 0.3) is 0 Å². The molecular formula is C20H13N3OS. The number of fused-ring (bicyclic) bond motifs is 1. The van der Waals surface area contributed by atoms with E-state index in [0.29, 0.717) is 16.4 Å². The molecule has 4 rings (SSSR count). The molecule has 4 nitrogen and oxygen atoms in total. The molecule has 0 atom stereocenters. The normalized spacial score (nSPS) is 10.8. The third kappa shape index (κ3) is 3.02. The summed E-state index contributed by atoms with van der Waals surface area (Å²) in [6.07, 6.45) is 2.56. The second-order valence-electron chi connectivity index (χ2n) is 5.57.